The number of aromatic nitrogens is 1. The van der Waals surface area contributed by atoms with Gasteiger partial charge in [0.05, 0.1) is 13.5 Å². The van der Waals surface area contributed by atoms with Crippen molar-refractivity contribution in [2.75, 3.05) is 7.11 Å². The number of hydrogen-bond acceptors (Lipinski definition) is 6. The molecule has 0 atom stereocenters. The normalized spacial score (nSPS) is 16.3. The summed E-state index contributed by atoms with van der Waals surface area (Å²) in [6, 6.07) is 3.05. The number of hydrogen-bond donors (Lipinski definition) is 0. The van der Waals surface area contributed by atoms with Crippen LogP contribution in [0.4, 0.5) is 5.82 Å². The summed E-state index contributed by atoms with van der Waals surface area (Å²) in [7, 11) is 1.31. The Balaban J connectivity index is 2.19. The van der Waals surface area contributed by atoms with E-state index in [1.807, 2.05) is 0 Å². The maximum absolute atomic E-state index is 11.4. The molecule has 1 aliphatic carbocycles. The molecule has 1 fully saturated rings. The average Bonchev–Trinajstić information content (AvgIpc) is 2.36. The molecule has 7 heteroatoms. The molecule has 1 aromatic heterocycles. The molecule has 0 aliphatic heterocycles. The van der Waals surface area contributed by atoms with Crippen molar-refractivity contribution in [3.63, 3.8) is 0 Å². The predicted octanol–water partition coefficient (Wildman–Crippen LogP) is 1.85. The molecule has 0 radical (unpaired) electrons. The standard InChI is InChI=1S/C12H14N2O5/c1-18-10(15)8-12(5-3-6-12)19-9-4-2-7-13-11(9)14(16)17/h2,4,7H,3,5-6,8H2,1H3. The number of pyridine rings is 1. The second-order valence-electron chi connectivity index (χ2n) is 4.47. The molecular weight excluding hydrogens is 252 g/mol. The first-order chi connectivity index (χ1) is 9.06. The number of nitrogens with zero attached hydrogens (tertiary/aromatic N) is 2. The maximum atomic E-state index is 11.4. The van der Waals surface area contributed by atoms with Crippen molar-refractivity contribution in [3.05, 3.63) is 28.4 Å². The fourth-order valence-electron chi connectivity index (χ4n) is 2.05. The molecule has 1 saturated carbocycles. The molecule has 1 aliphatic rings. The minimum Gasteiger partial charge on any atom is -0.478 e. The monoisotopic (exact) mass is 266 g/mol. The summed E-state index contributed by atoms with van der Waals surface area (Å²) in [6.45, 7) is 0. The van der Waals surface area contributed by atoms with Crippen LogP contribution in [0.1, 0.15) is 25.7 Å². The van der Waals surface area contributed by atoms with Gasteiger partial charge in [-0.25, -0.2) is 0 Å². The summed E-state index contributed by atoms with van der Waals surface area (Å²) in [4.78, 5) is 25.3. The highest BCUT2D eigenvalue weighted by molar-refractivity contribution is 5.70. The number of carbonyl (C=O) groups excluding carboxylic acids is 1. The highest BCUT2D eigenvalue weighted by Crippen LogP contribution is 2.41. The Labute approximate surface area is 109 Å². The predicted molar refractivity (Wildman–Crippen MR) is 64.7 cm³/mol. The van der Waals surface area contributed by atoms with Gasteiger partial charge in [-0.3, -0.25) is 4.79 Å². The van der Waals surface area contributed by atoms with Crippen molar-refractivity contribution in [1.82, 2.24) is 4.98 Å². The van der Waals surface area contributed by atoms with E-state index in [4.69, 9.17) is 4.74 Å². The topological polar surface area (TPSA) is 91.6 Å². The lowest BCUT2D eigenvalue weighted by Gasteiger charge is -2.40. The van der Waals surface area contributed by atoms with Crippen LogP contribution in [0, 0.1) is 10.1 Å². The van der Waals surface area contributed by atoms with Crippen LogP contribution in [0.3, 0.4) is 0 Å². The van der Waals surface area contributed by atoms with Crippen LogP contribution in [0.25, 0.3) is 0 Å². The lowest BCUT2D eigenvalue weighted by Crippen LogP contribution is -2.45. The van der Waals surface area contributed by atoms with Gasteiger partial charge in [0.1, 0.15) is 11.8 Å². The molecule has 102 valence electrons. The molecule has 0 amide bonds. The summed E-state index contributed by atoms with van der Waals surface area (Å²) in [5.41, 5.74) is -0.694. The van der Waals surface area contributed by atoms with E-state index in [0.717, 1.165) is 6.42 Å². The Hall–Kier alpha value is -2.18. The summed E-state index contributed by atoms with van der Waals surface area (Å²) in [5.74, 6) is -0.624. The van der Waals surface area contributed by atoms with Gasteiger partial charge in [0, 0.05) is 0 Å². The minimum absolute atomic E-state index is 0.0928. The Morgan fingerprint density at radius 2 is 2.32 bits per heavy atom. The number of rotatable bonds is 5. The molecule has 0 unspecified atom stereocenters. The smallest absolute Gasteiger partial charge is 0.406 e. The average molecular weight is 266 g/mol. The lowest BCUT2D eigenvalue weighted by molar-refractivity contribution is -0.391. The third-order valence-electron chi connectivity index (χ3n) is 3.21. The van der Waals surface area contributed by atoms with E-state index < -0.39 is 10.5 Å². The quantitative estimate of drug-likeness (QED) is 0.459. The van der Waals surface area contributed by atoms with E-state index >= 15 is 0 Å². The van der Waals surface area contributed by atoms with Crippen molar-refractivity contribution in [2.24, 2.45) is 0 Å². The van der Waals surface area contributed by atoms with Gasteiger partial charge in [-0.05, 0) is 41.3 Å². The third-order valence-corrected chi connectivity index (χ3v) is 3.21. The zero-order chi connectivity index (χ0) is 13.9. The summed E-state index contributed by atoms with van der Waals surface area (Å²) < 4.78 is 10.3. The van der Waals surface area contributed by atoms with E-state index in [9.17, 15) is 14.9 Å². The van der Waals surface area contributed by atoms with Gasteiger partial charge >= 0.3 is 11.8 Å². The molecule has 0 N–H and O–H groups in total. The second kappa shape index (κ2) is 5.21. The van der Waals surface area contributed by atoms with Crippen molar-refractivity contribution >= 4 is 11.8 Å². The van der Waals surface area contributed by atoms with Crippen LogP contribution in [-0.2, 0) is 9.53 Å². The van der Waals surface area contributed by atoms with Gasteiger partial charge in [-0.2, -0.15) is 0 Å². The molecule has 0 spiro atoms. The van der Waals surface area contributed by atoms with Gasteiger partial charge in [0.25, 0.3) is 0 Å². The van der Waals surface area contributed by atoms with Gasteiger partial charge in [0.15, 0.2) is 0 Å². The molecular formula is C12H14N2O5. The number of nitro groups is 1. The van der Waals surface area contributed by atoms with Crippen molar-refractivity contribution in [1.29, 1.82) is 0 Å². The SMILES string of the molecule is COC(=O)CC1(Oc2cccnc2[N+](=O)[O-])CCC1. The fourth-order valence-corrected chi connectivity index (χ4v) is 2.05. The second-order valence-corrected chi connectivity index (χ2v) is 4.47. The largest absolute Gasteiger partial charge is 0.478 e. The Morgan fingerprint density at radius 3 is 2.84 bits per heavy atom. The van der Waals surface area contributed by atoms with E-state index in [1.165, 1.54) is 19.4 Å². The molecule has 1 aromatic rings. The van der Waals surface area contributed by atoms with Crippen LogP contribution in [0.5, 0.6) is 5.75 Å². The number of methoxy groups -OCH3 is 1. The first kappa shape index (κ1) is 13.3. The summed E-state index contributed by atoms with van der Waals surface area (Å²) >= 11 is 0. The van der Waals surface area contributed by atoms with Gasteiger partial charge in [0.2, 0.25) is 5.75 Å². The Kier molecular flexibility index (Phi) is 3.64. The molecule has 0 bridgehead atoms. The van der Waals surface area contributed by atoms with E-state index in [0.29, 0.717) is 12.8 Å². The maximum Gasteiger partial charge on any atom is 0.406 e. The summed E-state index contributed by atoms with van der Waals surface area (Å²) in [5, 5.41) is 10.9. The molecule has 19 heavy (non-hydrogen) atoms. The number of ether oxygens (including phenoxy) is 2. The molecule has 0 aromatic carbocycles. The first-order valence-corrected chi connectivity index (χ1v) is 5.91. The van der Waals surface area contributed by atoms with Gasteiger partial charge < -0.3 is 19.6 Å². The van der Waals surface area contributed by atoms with E-state index in [2.05, 4.69) is 9.72 Å². The third kappa shape index (κ3) is 2.81. The zero-order valence-corrected chi connectivity index (χ0v) is 10.5. The number of carbonyl (C=O) groups is 1. The zero-order valence-electron chi connectivity index (χ0n) is 10.5. The van der Waals surface area contributed by atoms with Crippen LogP contribution >= 0.6 is 0 Å². The van der Waals surface area contributed by atoms with Crippen molar-refractivity contribution < 1.29 is 19.2 Å². The lowest BCUT2D eigenvalue weighted by atomic mass is 9.77. The molecule has 7 nitrogen and oxygen atoms in total. The Morgan fingerprint density at radius 1 is 1.58 bits per heavy atom. The molecule has 1 heterocycles. The highest BCUT2D eigenvalue weighted by atomic mass is 16.6. The van der Waals surface area contributed by atoms with Crippen LogP contribution < -0.4 is 4.74 Å². The fraction of sp³-hybridized carbons (Fsp3) is 0.500. The van der Waals surface area contributed by atoms with Gasteiger partial charge in [-0.15, -0.1) is 0 Å². The van der Waals surface area contributed by atoms with E-state index in [-0.39, 0.29) is 24.0 Å². The van der Waals surface area contributed by atoms with Crippen molar-refractivity contribution in [2.45, 2.75) is 31.3 Å². The molecule has 0 saturated heterocycles. The number of esters is 1. The van der Waals surface area contributed by atoms with Crippen LogP contribution in [0.15, 0.2) is 18.3 Å². The first-order valence-electron chi connectivity index (χ1n) is 5.91. The van der Waals surface area contributed by atoms with E-state index in [1.54, 1.807) is 6.07 Å². The summed E-state index contributed by atoms with van der Waals surface area (Å²) in [6.07, 6.45) is 3.70. The van der Waals surface area contributed by atoms with Crippen LogP contribution in [0.2, 0.25) is 0 Å². The van der Waals surface area contributed by atoms with Gasteiger partial charge in [-0.1, -0.05) is 0 Å². The highest BCUT2D eigenvalue weighted by Gasteiger charge is 2.43. The minimum atomic E-state index is -0.694. The van der Waals surface area contributed by atoms with Crippen LogP contribution in [-0.4, -0.2) is 28.6 Å². The molecule has 2 rings (SSSR count). The Bertz CT molecular complexity index is 499. The van der Waals surface area contributed by atoms with Crippen molar-refractivity contribution in [3.8, 4) is 5.75 Å².